The molecule has 0 radical (unpaired) electrons. The molecule has 0 bridgehead atoms. The number of hydrogen-bond acceptors (Lipinski definition) is 5. The van der Waals surface area contributed by atoms with E-state index in [9.17, 15) is 27.1 Å². The van der Waals surface area contributed by atoms with E-state index in [0.29, 0.717) is 6.61 Å². The van der Waals surface area contributed by atoms with Crippen LogP contribution in [0.2, 0.25) is 5.02 Å². The number of anilines is 1. The number of nitrogens with one attached hydrogen (secondary N) is 1. The Morgan fingerprint density at radius 2 is 2.03 bits per heavy atom. The number of amides is 1. The lowest BCUT2D eigenvalue weighted by molar-refractivity contribution is -0.0198. The Balaban J connectivity index is 1.94. The number of hydrogen-bond donors (Lipinski definition) is 2. The van der Waals surface area contributed by atoms with E-state index in [4.69, 9.17) is 16.3 Å². The lowest BCUT2D eigenvalue weighted by Gasteiger charge is -2.33. The van der Waals surface area contributed by atoms with Gasteiger partial charge in [0.25, 0.3) is 5.91 Å². The molecule has 2 aromatic carbocycles. The van der Waals surface area contributed by atoms with Crippen molar-refractivity contribution in [1.29, 1.82) is 0 Å². The van der Waals surface area contributed by atoms with Gasteiger partial charge in [-0.25, -0.2) is 17.2 Å². The van der Waals surface area contributed by atoms with Crippen LogP contribution in [0.1, 0.15) is 29.3 Å². The molecule has 1 saturated heterocycles. The number of rotatable bonds is 5. The number of benzene rings is 2. The molecule has 1 atom stereocenters. The Kier molecular flexibility index (Phi) is 7.51. The SMILES string of the molecule is CC1(O)CCOCCN(S(=O)(=O)c2cc(C(=O)Nc3ccc(F)c(Cl)c3)ccc2CF)C1. The van der Waals surface area contributed by atoms with Crippen molar-refractivity contribution in [2.75, 3.05) is 31.6 Å². The second kappa shape index (κ2) is 9.80. The van der Waals surface area contributed by atoms with Gasteiger partial charge in [-0.05, 0) is 37.3 Å². The van der Waals surface area contributed by atoms with Crippen molar-refractivity contribution in [3.8, 4) is 0 Å². The molecule has 1 amide bonds. The highest BCUT2D eigenvalue weighted by Gasteiger charge is 2.34. The molecule has 32 heavy (non-hydrogen) atoms. The maximum absolute atomic E-state index is 13.6. The Labute approximate surface area is 190 Å². The fourth-order valence-electron chi connectivity index (χ4n) is 3.27. The van der Waals surface area contributed by atoms with E-state index < -0.39 is 34.0 Å². The van der Waals surface area contributed by atoms with Gasteiger partial charge < -0.3 is 15.2 Å². The Hall–Kier alpha value is -2.11. The largest absolute Gasteiger partial charge is 0.389 e. The Bertz CT molecular complexity index is 1110. The maximum atomic E-state index is 13.6. The van der Waals surface area contributed by atoms with E-state index in [1.165, 1.54) is 31.2 Å². The normalized spacial score (nSPS) is 20.4. The number of β-amino-alcohol motifs (C(OH)–C–C–N with tert-alkyl or cyclic N) is 1. The van der Waals surface area contributed by atoms with Crippen molar-refractivity contribution in [2.45, 2.75) is 30.5 Å². The van der Waals surface area contributed by atoms with Gasteiger partial charge in [0.2, 0.25) is 10.0 Å². The van der Waals surface area contributed by atoms with E-state index >= 15 is 0 Å². The molecular weight excluding hydrogens is 466 g/mol. The van der Waals surface area contributed by atoms with Crippen LogP contribution in [0.25, 0.3) is 0 Å². The van der Waals surface area contributed by atoms with E-state index in [1.807, 2.05) is 0 Å². The highest BCUT2D eigenvalue weighted by Crippen LogP contribution is 2.27. The Morgan fingerprint density at radius 3 is 2.72 bits per heavy atom. The monoisotopic (exact) mass is 488 g/mol. The van der Waals surface area contributed by atoms with Gasteiger partial charge in [-0.1, -0.05) is 17.7 Å². The maximum Gasteiger partial charge on any atom is 0.255 e. The third-order valence-corrected chi connectivity index (χ3v) is 7.27. The summed E-state index contributed by atoms with van der Waals surface area (Å²) in [5.74, 6) is -1.34. The summed E-state index contributed by atoms with van der Waals surface area (Å²) in [4.78, 5) is 12.3. The second-order valence-corrected chi connectivity index (χ2v) is 10.1. The average molecular weight is 489 g/mol. The van der Waals surface area contributed by atoms with E-state index in [1.54, 1.807) is 0 Å². The molecule has 0 spiro atoms. The van der Waals surface area contributed by atoms with Crippen LogP contribution in [0.5, 0.6) is 0 Å². The molecule has 2 N–H and O–H groups in total. The van der Waals surface area contributed by atoms with Crippen LogP contribution in [-0.2, 0) is 21.4 Å². The summed E-state index contributed by atoms with van der Waals surface area (Å²) >= 11 is 5.72. The van der Waals surface area contributed by atoms with Gasteiger partial charge in [0, 0.05) is 42.9 Å². The molecule has 0 aromatic heterocycles. The molecule has 11 heteroatoms. The first-order valence-electron chi connectivity index (χ1n) is 9.79. The number of carbonyl (C=O) groups excluding carboxylic acids is 1. The van der Waals surface area contributed by atoms with Gasteiger partial charge >= 0.3 is 0 Å². The van der Waals surface area contributed by atoms with Crippen molar-refractivity contribution in [3.05, 3.63) is 58.4 Å². The number of nitrogens with zero attached hydrogens (tertiary/aromatic N) is 1. The third-order valence-electron chi connectivity index (χ3n) is 5.06. The van der Waals surface area contributed by atoms with Crippen molar-refractivity contribution in [3.63, 3.8) is 0 Å². The molecular formula is C21H23ClF2N2O5S. The standard InChI is InChI=1S/C21H23ClF2N2O5S/c1-21(28)6-8-31-9-7-26(13-21)32(29,30)19-10-14(2-3-15(19)12-23)20(27)25-16-4-5-18(24)17(22)11-16/h2-5,10-11,28H,6-9,12-13H2,1H3,(H,25,27). The molecule has 174 valence electrons. The van der Waals surface area contributed by atoms with Crippen LogP contribution in [0.4, 0.5) is 14.5 Å². The first kappa shape index (κ1) is 24.5. The average Bonchev–Trinajstić information content (AvgIpc) is 2.73. The van der Waals surface area contributed by atoms with Gasteiger partial charge in [-0.15, -0.1) is 0 Å². The molecule has 1 aliphatic heterocycles. The molecule has 1 heterocycles. The number of ether oxygens (including phenoxy) is 1. The van der Waals surface area contributed by atoms with Crippen molar-refractivity contribution in [1.82, 2.24) is 4.31 Å². The number of halogens is 3. The Morgan fingerprint density at radius 1 is 1.28 bits per heavy atom. The lowest BCUT2D eigenvalue weighted by Crippen LogP contribution is -2.47. The molecule has 7 nitrogen and oxygen atoms in total. The summed E-state index contributed by atoms with van der Waals surface area (Å²) in [5, 5.41) is 12.8. The minimum Gasteiger partial charge on any atom is -0.389 e. The van der Waals surface area contributed by atoms with Crippen molar-refractivity contribution >= 4 is 33.2 Å². The van der Waals surface area contributed by atoms with Crippen LogP contribution >= 0.6 is 11.6 Å². The highest BCUT2D eigenvalue weighted by molar-refractivity contribution is 7.89. The summed E-state index contributed by atoms with van der Waals surface area (Å²) in [6, 6.07) is 7.19. The smallest absolute Gasteiger partial charge is 0.255 e. The van der Waals surface area contributed by atoms with Gasteiger partial charge in [-0.3, -0.25) is 4.79 Å². The molecule has 3 rings (SSSR count). The number of aliphatic hydroxyl groups is 1. The van der Waals surface area contributed by atoms with E-state index in [0.717, 1.165) is 16.4 Å². The van der Waals surface area contributed by atoms with Gasteiger partial charge in [0.1, 0.15) is 12.5 Å². The summed E-state index contributed by atoms with van der Waals surface area (Å²) in [5.41, 5.74) is -1.29. The molecule has 0 saturated carbocycles. The van der Waals surface area contributed by atoms with Crippen LogP contribution in [0, 0.1) is 5.82 Å². The van der Waals surface area contributed by atoms with Gasteiger partial charge in [0.05, 0.1) is 22.1 Å². The summed E-state index contributed by atoms with van der Waals surface area (Å²) in [7, 11) is -4.25. The molecule has 1 aliphatic rings. The van der Waals surface area contributed by atoms with Gasteiger partial charge in [0.15, 0.2) is 0 Å². The fraction of sp³-hybridized carbons (Fsp3) is 0.381. The van der Waals surface area contributed by atoms with Crippen LogP contribution in [0.3, 0.4) is 0 Å². The molecule has 1 fully saturated rings. The molecule has 0 aliphatic carbocycles. The number of sulfonamides is 1. The minimum absolute atomic E-state index is 0.0330. The third kappa shape index (κ3) is 5.62. The number of alkyl halides is 1. The lowest BCUT2D eigenvalue weighted by atomic mass is 10.0. The fourth-order valence-corrected chi connectivity index (χ4v) is 5.22. The summed E-state index contributed by atoms with van der Waals surface area (Å²) in [6.45, 7) is 0.609. The predicted molar refractivity (Wildman–Crippen MR) is 115 cm³/mol. The number of carbonyl (C=O) groups is 1. The highest BCUT2D eigenvalue weighted by atomic mass is 35.5. The molecule has 1 unspecified atom stereocenters. The summed E-state index contributed by atoms with van der Waals surface area (Å²) in [6.07, 6.45) is 0.234. The van der Waals surface area contributed by atoms with Crippen LogP contribution in [-0.4, -0.2) is 55.6 Å². The van der Waals surface area contributed by atoms with Crippen molar-refractivity contribution < 1.29 is 31.8 Å². The van der Waals surface area contributed by atoms with Crippen LogP contribution < -0.4 is 5.32 Å². The van der Waals surface area contributed by atoms with Crippen LogP contribution in [0.15, 0.2) is 41.3 Å². The minimum atomic E-state index is -4.25. The van der Waals surface area contributed by atoms with E-state index in [-0.39, 0.29) is 52.8 Å². The topological polar surface area (TPSA) is 95.9 Å². The zero-order chi connectivity index (χ0) is 23.5. The predicted octanol–water partition coefficient (Wildman–Crippen LogP) is 3.36. The van der Waals surface area contributed by atoms with Crippen molar-refractivity contribution in [2.24, 2.45) is 0 Å². The molecule has 2 aromatic rings. The first-order valence-corrected chi connectivity index (χ1v) is 11.6. The van der Waals surface area contributed by atoms with Gasteiger partial charge in [-0.2, -0.15) is 4.31 Å². The first-order chi connectivity index (χ1) is 15.0. The van der Waals surface area contributed by atoms with E-state index in [2.05, 4.69) is 5.32 Å². The summed E-state index contributed by atoms with van der Waals surface area (Å²) < 4.78 is 60.0. The zero-order valence-electron chi connectivity index (χ0n) is 17.3. The quantitative estimate of drug-likeness (QED) is 0.672. The second-order valence-electron chi connectivity index (χ2n) is 7.74. The zero-order valence-corrected chi connectivity index (χ0v) is 18.8.